The second kappa shape index (κ2) is 7.34. The zero-order chi connectivity index (χ0) is 17.8. The van der Waals surface area contributed by atoms with E-state index in [0.29, 0.717) is 11.2 Å². The molecule has 3 aromatic rings. The van der Waals surface area contributed by atoms with Gasteiger partial charge in [-0.05, 0) is 12.5 Å². The monoisotopic (exact) mass is 333 g/mol. The number of aromatic nitrogens is 2. The topological polar surface area (TPSA) is 50.8 Å². The van der Waals surface area contributed by atoms with E-state index in [1.807, 2.05) is 54.1 Å². The highest BCUT2D eigenvalue weighted by atomic mass is 16.1. The average molecular weight is 333 g/mol. The number of nitrogens with one attached hydrogen (secondary N) is 1. The lowest BCUT2D eigenvalue weighted by molar-refractivity contribution is 0.0971. The Hall–Kier alpha value is -2.88. The minimum Gasteiger partial charge on any atom is -0.313 e. The van der Waals surface area contributed by atoms with Crippen molar-refractivity contribution in [3.63, 3.8) is 0 Å². The fraction of sp³-hybridized carbons (Fsp3) is 0.238. The Balaban J connectivity index is 2.05. The van der Waals surface area contributed by atoms with E-state index in [4.69, 9.17) is 5.41 Å². The van der Waals surface area contributed by atoms with Gasteiger partial charge in [-0.15, -0.1) is 0 Å². The number of benzene rings is 2. The number of nitrogens with zero attached hydrogens (tertiary/aromatic N) is 2. The van der Waals surface area contributed by atoms with Crippen molar-refractivity contribution >= 4 is 22.9 Å². The zero-order valence-corrected chi connectivity index (χ0v) is 14.7. The molecule has 0 spiro atoms. The number of Topliss-reactive ketones (excluding diaryl/α,β-unsaturated/α-hetero) is 1. The number of fused-ring (bicyclic) bond motifs is 1. The molecule has 0 amide bonds. The number of allylic oxidation sites excluding steroid dienone is 1. The van der Waals surface area contributed by atoms with E-state index in [0.717, 1.165) is 29.4 Å². The van der Waals surface area contributed by atoms with E-state index in [-0.39, 0.29) is 12.3 Å². The summed E-state index contributed by atoms with van der Waals surface area (Å²) >= 11 is 0. The summed E-state index contributed by atoms with van der Waals surface area (Å²) in [6.45, 7) is 2.32. The van der Waals surface area contributed by atoms with Crippen LogP contribution in [0.25, 0.3) is 17.1 Å². The second-order valence-corrected chi connectivity index (χ2v) is 6.16. The predicted molar refractivity (Wildman–Crippen MR) is 101 cm³/mol. The Morgan fingerprint density at radius 2 is 1.88 bits per heavy atom. The van der Waals surface area contributed by atoms with Crippen LogP contribution in [0.3, 0.4) is 0 Å². The number of rotatable bonds is 6. The Morgan fingerprint density at radius 1 is 1.12 bits per heavy atom. The molecule has 0 aliphatic rings. The summed E-state index contributed by atoms with van der Waals surface area (Å²) in [6.07, 6.45) is 6.40. The van der Waals surface area contributed by atoms with Crippen LogP contribution in [0.1, 0.15) is 35.7 Å². The number of carbonyl (C=O) groups excluding carboxylic acids is 1. The predicted octanol–water partition coefficient (Wildman–Crippen LogP) is 4.16. The molecule has 3 rings (SSSR count). The van der Waals surface area contributed by atoms with Gasteiger partial charge in [-0.2, -0.15) is 0 Å². The van der Waals surface area contributed by atoms with Crippen LogP contribution in [0.4, 0.5) is 0 Å². The summed E-state index contributed by atoms with van der Waals surface area (Å²) in [5.74, 6) is 0.0125. The maximum atomic E-state index is 12.6. The van der Waals surface area contributed by atoms with Crippen LogP contribution >= 0.6 is 0 Å². The van der Waals surface area contributed by atoms with Crippen molar-refractivity contribution in [3.05, 3.63) is 71.4 Å². The molecule has 1 heterocycles. The van der Waals surface area contributed by atoms with Gasteiger partial charge in [-0.25, -0.2) is 0 Å². The smallest absolute Gasteiger partial charge is 0.203 e. The third kappa shape index (κ3) is 3.33. The largest absolute Gasteiger partial charge is 0.313 e. The number of unbranched alkanes of at least 4 members (excludes halogenated alkanes) is 1. The second-order valence-electron chi connectivity index (χ2n) is 6.16. The highest BCUT2D eigenvalue weighted by Gasteiger charge is 2.14. The first-order valence-electron chi connectivity index (χ1n) is 8.61. The highest BCUT2D eigenvalue weighted by molar-refractivity contribution is 5.97. The molecular weight excluding hydrogens is 310 g/mol. The van der Waals surface area contributed by atoms with Gasteiger partial charge in [-0.3, -0.25) is 10.2 Å². The van der Waals surface area contributed by atoms with Crippen LogP contribution in [-0.2, 0) is 13.6 Å². The number of hydrogen-bond donors (Lipinski definition) is 1. The van der Waals surface area contributed by atoms with Crippen molar-refractivity contribution in [2.24, 2.45) is 7.05 Å². The van der Waals surface area contributed by atoms with Gasteiger partial charge in [0.1, 0.15) is 0 Å². The number of para-hydroxylation sites is 1. The van der Waals surface area contributed by atoms with Gasteiger partial charge in [0.2, 0.25) is 5.62 Å². The number of carbonyl (C=O) groups is 1. The molecule has 0 bridgehead atoms. The molecule has 4 heteroatoms. The number of hydrogen-bond acceptors (Lipinski definition) is 2. The SMILES string of the molecule is CCC/C=C/c1cccc2c1n(C)c(=N)n2CC(=O)c1ccccc1. The summed E-state index contributed by atoms with van der Waals surface area (Å²) in [5.41, 5.74) is 3.98. The fourth-order valence-electron chi connectivity index (χ4n) is 3.06. The first-order valence-corrected chi connectivity index (χ1v) is 8.61. The van der Waals surface area contributed by atoms with Crippen LogP contribution in [0.2, 0.25) is 0 Å². The molecule has 25 heavy (non-hydrogen) atoms. The molecule has 0 aliphatic carbocycles. The lowest BCUT2D eigenvalue weighted by Crippen LogP contribution is -2.25. The molecule has 128 valence electrons. The molecule has 2 aromatic carbocycles. The maximum absolute atomic E-state index is 12.6. The summed E-state index contributed by atoms with van der Waals surface area (Å²) in [7, 11) is 1.88. The van der Waals surface area contributed by atoms with Crippen molar-refractivity contribution in [2.75, 3.05) is 0 Å². The standard InChI is InChI=1S/C21H23N3O/c1-3-4-6-12-17-13-9-14-18-20(17)23(2)21(22)24(18)15-19(25)16-10-7-5-8-11-16/h5-14,22H,3-4,15H2,1-2H3/b12-6+,22-21?. The Bertz CT molecular complexity index is 978. The quantitative estimate of drug-likeness (QED) is 0.677. The van der Waals surface area contributed by atoms with Gasteiger partial charge >= 0.3 is 0 Å². The van der Waals surface area contributed by atoms with Crippen LogP contribution < -0.4 is 5.62 Å². The van der Waals surface area contributed by atoms with E-state index < -0.39 is 0 Å². The number of aryl methyl sites for hydroxylation is 1. The molecule has 1 aromatic heterocycles. The normalized spacial score (nSPS) is 11.4. The van der Waals surface area contributed by atoms with E-state index in [1.165, 1.54) is 0 Å². The summed E-state index contributed by atoms with van der Waals surface area (Å²) in [6, 6.07) is 15.3. The van der Waals surface area contributed by atoms with Gasteiger partial charge in [-0.1, -0.05) is 68.0 Å². The first-order chi connectivity index (χ1) is 12.1. The lowest BCUT2D eigenvalue weighted by Gasteiger charge is -2.04. The molecule has 0 saturated carbocycles. The third-order valence-corrected chi connectivity index (χ3v) is 4.40. The van der Waals surface area contributed by atoms with Crippen LogP contribution in [0.15, 0.2) is 54.6 Å². The number of ketones is 1. The molecule has 0 aliphatic heterocycles. The van der Waals surface area contributed by atoms with E-state index in [9.17, 15) is 4.79 Å². The molecule has 0 fully saturated rings. The summed E-state index contributed by atoms with van der Waals surface area (Å²) in [5, 5.41) is 8.44. The molecule has 0 saturated heterocycles. The molecule has 0 radical (unpaired) electrons. The fourth-order valence-corrected chi connectivity index (χ4v) is 3.06. The van der Waals surface area contributed by atoms with Crippen LogP contribution in [0.5, 0.6) is 0 Å². The van der Waals surface area contributed by atoms with Gasteiger partial charge in [0.05, 0.1) is 17.6 Å². The molecule has 4 nitrogen and oxygen atoms in total. The molecule has 1 N–H and O–H groups in total. The molecule has 0 atom stereocenters. The Morgan fingerprint density at radius 3 is 2.60 bits per heavy atom. The van der Waals surface area contributed by atoms with Crippen molar-refractivity contribution in [1.82, 2.24) is 9.13 Å². The first kappa shape index (κ1) is 17.0. The van der Waals surface area contributed by atoms with E-state index >= 15 is 0 Å². The van der Waals surface area contributed by atoms with Crippen molar-refractivity contribution < 1.29 is 4.79 Å². The maximum Gasteiger partial charge on any atom is 0.203 e. The number of imidazole rings is 1. The van der Waals surface area contributed by atoms with Crippen molar-refractivity contribution in [1.29, 1.82) is 5.41 Å². The average Bonchev–Trinajstić information content (AvgIpc) is 2.88. The summed E-state index contributed by atoms with van der Waals surface area (Å²) < 4.78 is 3.63. The van der Waals surface area contributed by atoms with Gasteiger partial charge in [0.15, 0.2) is 5.78 Å². The molecule has 0 unspecified atom stereocenters. The van der Waals surface area contributed by atoms with Crippen LogP contribution in [-0.4, -0.2) is 14.9 Å². The van der Waals surface area contributed by atoms with Crippen molar-refractivity contribution in [2.45, 2.75) is 26.3 Å². The van der Waals surface area contributed by atoms with E-state index in [1.54, 1.807) is 4.57 Å². The zero-order valence-electron chi connectivity index (χ0n) is 14.7. The Kier molecular flexibility index (Phi) is 4.98. The minimum atomic E-state index is 0.0125. The van der Waals surface area contributed by atoms with Crippen molar-refractivity contribution in [3.8, 4) is 0 Å². The lowest BCUT2D eigenvalue weighted by atomic mass is 10.1. The van der Waals surface area contributed by atoms with Gasteiger partial charge < -0.3 is 9.13 Å². The Labute approximate surface area is 147 Å². The van der Waals surface area contributed by atoms with E-state index in [2.05, 4.69) is 25.1 Å². The highest BCUT2D eigenvalue weighted by Crippen LogP contribution is 2.19. The van der Waals surface area contributed by atoms with Crippen LogP contribution in [0, 0.1) is 5.41 Å². The van der Waals surface area contributed by atoms with Gasteiger partial charge in [0, 0.05) is 18.2 Å². The van der Waals surface area contributed by atoms with Gasteiger partial charge in [0.25, 0.3) is 0 Å². The molecular formula is C21H23N3O. The third-order valence-electron chi connectivity index (χ3n) is 4.40. The summed E-state index contributed by atoms with van der Waals surface area (Å²) in [4.78, 5) is 12.6. The minimum absolute atomic E-state index is 0.0125.